The van der Waals surface area contributed by atoms with Crippen LogP contribution < -0.4 is 0 Å². The third-order valence-corrected chi connectivity index (χ3v) is 10.3. The number of carbonyl (C=O) groups excluding carboxylic acids is 1. The van der Waals surface area contributed by atoms with E-state index in [0.29, 0.717) is 32.8 Å². The maximum atomic E-state index is 13.3. The van der Waals surface area contributed by atoms with Gasteiger partial charge < -0.3 is 24.3 Å². The quantitative estimate of drug-likeness (QED) is 0.180. The van der Waals surface area contributed by atoms with Gasteiger partial charge in [-0.2, -0.15) is 0 Å². The smallest absolute Gasteiger partial charge is 0.222 e. The number of amides is 1. The number of fused-ring (bicyclic) bond motifs is 8. The van der Waals surface area contributed by atoms with Crippen LogP contribution in [0, 0.1) is 20.8 Å². The lowest BCUT2D eigenvalue weighted by Crippen LogP contribution is -2.30. The molecule has 8 nitrogen and oxygen atoms in total. The molecule has 3 aromatic rings. The normalized spacial score (nSPS) is 16.0. The lowest BCUT2D eigenvalue weighted by atomic mass is 9.85. The first-order chi connectivity index (χ1) is 23.1. The first-order valence-electron chi connectivity index (χ1n) is 17.9. The molecule has 0 aliphatic carbocycles. The summed E-state index contributed by atoms with van der Waals surface area (Å²) in [5.41, 5.74) is 15.9. The summed E-state index contributed by atoms with van der Waals surface area (Å²) >= 11 is 0. The van der Waals surface area contributed by atoms with Gasteiger partial charge in [0.15, 0.2) is 0 Å². The van der Waals surface area contributed by atoms with Crippen LogP contribution in [0.25, 0.3) is 33.7 Å². The third-order valence-electron chi connectivity index (χ3n) is 10.3. The van der Waals surface area contributed by atoms with E-state index in [4.69, 9.17) is 19.4 Å². The number of hydrogen-bond acceptors (Lipinski definition) is 5. The van der Waals surface area contributed by atoms with Crippen LogP contribution in [0.15, 0.2) is 18.2 Å². The average molecular weight is 654 g/mol. The number of hydrogen-bond donors (Lipinski definition) is 2. The molecule has 1 amide bonds. The molecule has 2 atom stereocenters. The van der Waals surface area contributed by atoms with Crippen molar-refractivity contribution in [3.8, 4) is 0 Å². The van der Waals surface area contributed by atoms with Gasteiger partial charge in [0.2, 0.25) is 5.91 Å². The highest BCUT2D eigenvalue weighted by atomic mass is 16.5. The Kier molecular flexibility index (Phi) is 11.6. The first-order valence-corrected chi connectivity index (χ1v) is 17.9. The fourth-order valence-corrected chi connectivity index (χ4v) is 7.17. The molecule has 0 fully saturated rings. The van der Waals surface area contributed by atoms with Crippen LogP contribution in [0.2, 0.25) is 0 Å². The van der Waals surface area contributed by atoms with Crippen molar-refractivity contribution in [2.24, 2.45) is 0 Å². The van der Waals surface area contributed by atoms with Gasteiger partial charge in [-0.1, -0.05) is 27.7 Å². The molecule has 8 bridgehead atoms. The summed E-state index contributed by atoms with van der Waals surface area (Å²) in [6.45, 7) is 20.4. The monoisotopic (exact) mass is 653 g/mol. The molecule has 1 unspecified atom stereocenters. The van der Waals surface area contributed by atoms with E-state index in [1.54, 1.807) is 4.90 Å². The van der Waals surface area contributed by atoms with E-state index >= 15 is 0 Å². The topological polar surface area (TPSA) is 96.1 Å². The second kappa shape index (κ2) is 15.6. The molecule has 2 aliphatic rings. The van der Waals surface area contributed by atoms with Crippen molar-refractivity contribution >= 4 is 39.6 Å². The van der Waals surface area contributed by atoms with E-state index in [9.17, 15) is 4.79 Å². The van der Waals surface area contributed by atoms with Gasteiger partial charge in [-0.3, -0.25) is 9.78 Å². The molecule has 8 heteroatoms. The van der Waals surface area contributed by atoms with E-state index in [-0.39, 0.29) is 17.7 Å². The standard InChI is InChI=1S/C40H55N5O3/c1-10-16-47-18-19-48-17-15-45(9)39(46)14-13-31-27(7)36-22-34-25(5)30(12-3)38(42-34)23-35-26(6)29(11-2)37(43-35)21-32-24(4)20-33(41-32)28(8)40(31)44-36/h20-23,27,31,42-43H,10-19H2,1-9H3/t27?,31-/m0/s1. The van der Waals surface area contributed by atoms with Crippen LogP contribution in [-0.2, 0) is 27.1 Å². The number of rotatable bonds is 13. The van der Waals surface area contributed by atoms with Crippen LogP contribution in [-0.4, -0.2) is 70.8 Å². The Morgan fingerprint density at radius 1 is 0.812 bits per heavy atom. The Morgan fingerprint density at radius 3 is 2.08 bits per heavy atom. The predicted molar refractivity (Wildman–Crippen MR) is 197 cm³/mol. The van der Waals surface area contributed by atoms with Crippen LogP contribution >= 0.6 is 0 Å². The molecule has 2 aliphatic heterocycles. The molecule has 48 heavy (non-hydrogen) atoms. The maximum absolute atomic E-state index is 13.3. The number of ether oxygens (including phenoxy) is 2. The summed E-state index contributed by atoms with van der Waals surface area (Å²) in [5, 5.41) is 0. The molecule has 3 aromatic heterocycles. The summed E-state index contributed by atoms with van der Waals surface area (Å²) in [7, 11) is 1.86. The van der Waals surface area contributed by atoms with Crippen molar-refractivity contribution in [3.05, 3.63) is 68.8 Å². The number of likely N-dealkylation sites (N-methyl/N-ethyl adjacent to an activating group) is 1. The van der Waals surface area contributed by atoms with Crippen molar-refractivity contribution in [1.29, 1.82) is 0 Å². The summed E-state index contributed by atoms with van der Waals surface area (Å²) in [5.74, 6) is 0.380. The van der Waals surface area contributed by atoms with Crippen LogP contribution in [0.5, 0.6) is 0 Å². The number of carbonyl (C=O) groups is 1. The molecular formula is C40H55N5O3. The van der Waals surface area contributed by atoms with E-state index < -0.39 is 0 Å². The van der Waals surface area contributed by atoms with Crippen LogP contribution in [0.1, 0.15) is 116 Å². The summed E-state index contributed by atoms with van der Waals surface area (Å²) in [6.07, 6.45) is 6.22. The minimum absolute atomic E-state index is 0.104. The first kappa shape index (κ1) is 35.6. The van der Waals surface area contributed by atoms with E-state index in [1.165, 1.54) is 22.3 Å². The van der Waals surface area contributed by atoms with Gasteiger partial charge in [-0.25, -0.2) is 4.98 Å². The van der Waals surface area contributed by atoms with Crippen molar-refractivity contribution in [3.63, 3.8) is 0 Å². The fourth-order valence-electron chi connectivity index (χ4n) is 7.17. The van der Waals surface area contributed by atoms with E-state index in [1.807, 2.05) is 7.05 Å². The molecule has 258 valence electrons. The van der Waals surface area contributed by atoms with E-state index in [2.05, 4.69) is 89.6 Å². The minimum Gasteiger partial charge on any atom is -0.379 e. The summed E-state index contributed by atoms with van der Waals surface area (Å²) in [6, 6.07) is 6.70. The molecule has 0 aromatic carbocycles. The van der Waals surface area contributed by atoms with E-state index in [0.717, 1.165) is 88.3 Å². The van der Waals surface area contributed by atoms with Crippen molar-refractivity contribution in [2.45, 2.75) is 99.3 Å². The van der Waals surface area contributed by atoms with Gasteiger partial charge in [0, 0.05) is 71.9 Å². The SMILES string of the molecule is CCCOCCOCCN(C)C(=O)CC[C@@H]1c2nc(cc3[nH]c(cc4[nH]c(cc5nc(c2C)C=C5C)c(CC)c4C)c(CC)c3C)C1C. The van der Waals surface area contributed by atoms with Gasteiger partial charge in [0.05, 0.1) is 31.2 Å². The molecular weight excluding hydrogens is 598 g/mol. The Morgan fingerprint density at radius 2 is 1.44 bits per heavy atom. The Balaban J connectivity index is 1.54. The highest BCUT2D eigenvalue weighted by Gasteiger charge is 2.31. The van der Waals surface area contributed by atoms with Crippen molar-refractivity contribution < 1.29 is 14.3 Å². The molecule has 0 spiro atoms. The van der Waals surface area contributed by atoms with Crippen LogP contribution in [0.4, 0.5) is 0 Å². The number of nitrogens with one attached hydrogen (secondary N) is 2. The van der Waals surface area contributed by atoms with Crippen molar-refractivity contribution in [1.82, 2.24) is 24.8 Å². The van der Waals surface area contributed by atoms with Crippen LogP contribution in [0.3, 0.4) is 0 Å². The van der Waals surface area contributed by atoms with Crippen molar-refractivity contribution in [2.75, 3.05) is 40.0 Å². The predicted octanol–water partition coefficient (Wildman–Crippen LogP) is 8.49. The van der Waals surface area contributed by atoms with Gasteiger partial charge in [-0.15, -0.1) is 0 Å². The zero-order valence-corrected chi connectivity index (χ0v) is 30.6. The number of aryl methyl sites for hydroxylation is 4. The Bertz CT molecular complexity index is 1830. The maximum Gasteiger partial charge on any atom is 0.222 e. The number of aromatic nitrogens is 4. The molecule has 0 saturated heterocycles. The van der Waals surface area contributed by atoms with Gasteiger partial charge in [0.1, 0.15) is 0 Å². The zero-order valence-electron chi connectivity index (χ0n) is 30.6. The number of nitrogens with zero attached hydrogens (tertiary/aromatic N) is 3. The average Bonchev–Trinajstić information content (AvgIpc) is 3.77. The number of aromatic amines is 2. The number of allylic oxidation sites excluding steroid dienone is 1. The van der Waals surface area contributed by atoms with Gasteiger partial charge in [0.25, 0.3) is 0 Å². The molecule has 0 radical (unpaired) electrons. The zero-order chi connectivity index (χ0) is 34.5. The summed E-state index contributed by atoms with van der Waals surface area (Å²) < 4.78 is 11.2. The second-order valence-electron chi connectivity index (χ2n) is 13.5. The second-order valence-corrected chi connectivity index (χ2v) is 13.5. The highest BCUT2D eigenvalue weighted by Crippen LogP contribution is 2.42. The lowest BCUT2D eigenvalue weighted by molar-refractivity contribution is -0.130. The Hall–Kier alpha value is -3.75. The number of H-pyrrole nitrogens is 2. The van der Waals surface area contributed by atoms with Gasteiger partial charge >= 0.3 is 0 Å². The molecule has 5 heterocycles. The Labute approximate surface area is 286 Å². The minimum atomic E-state index is 0.104. The highest BCUT2D eigenvalue weighted by molar-refractivity contribution is 5.85. The van der Waals surface area contributed by atoms with Gasteiger partial charge in [-0.05, 0) is 111 Å². The molecule has 2 N–H and O–H groups in total. The molecule has 5 rings (SSSR count). The third kappa shape index (κ3) is 7.45. The lowest BCUT2D eigenvalue weighted by Gasteiger charge is -2.21. The molecule has 0 saturated carbocycles. The fraction of sp³-hybridized carbons (Fsp3) is 0.525. The largest absolute Gasteiger partial charge is 0.379 e. The summed E-state index contributed by atoms with van der Waals surface area (Å²) in [4.78, 5) is 33.0.